The number of carbonyl (C=O) groups is 1. The number of aryl methyl sites for hydroxylation is 1. The fourth-order valence-corrected chi connectivity index (χ4v) is 4.80. The molecule has 7 heteroatoms. The van der Waals surface area contributed by atoms with E-state index in [2.05, 4.69) is 16.5 Å². The minimum absolute atomic E-state index is 0.0616. The van der Waals surface area contributed by atoms with Gasteiger partial charge in [0.05, 0.1) is 18.2 Å². The summed E-state index contributed by atoms with van der Waals surface area (Å²) in [4.78, 5) is 24.0. The maximum absolute atomic E-state index is 12.7. The van der Waals surface area contributed by atoms with Crippen molar-refractivity contribution in [3.05, 3.63) is 24.2 Å². The Labute approximate surface area is 172 Å². The van der Waals surface area contributed by atoms with Gasteiger partial charge in [-0.3, -0.25) is 4.79 Å². The van der Waals surface area contributed by atoms with Crippen molar-refractivity contribution in [1.82, 2.24) is 19.4 Å². The summed E-state index contributed by atoms with van der Waals surface area (Å²) in [6.45, 7) is 5.25. The number of aromatic nitrogens is 3. The van der Waals surface area contributed by atoms with Crippen LogP contribution < -0.4 is 0 Å². The van der Waals surface area contributed by atoms with E-state index in [1.165, 1.54) is 0 Å². The normalized spacial score (nSPS) is 19.9. The van der Waals surface area contributed by atoms with Gasteiger partial charge in [0.1, 0.15) is 11.3 Å². The zero-order valence-corrected chi connectivity index (χ0v) is 17.6. The molecule has 1 amide bonds. The molecule has 4 heterocycles. The molecule has 4 rings (SSSR count). The van der Waals surface area contributed by atoms with Gasteiger partial charge < -0.3 is 18.9 Å². The maximum atomic E-state index is 12.7. The average molecular weight is 401 g/mol. The minimum Gasteiger partial charge on any atom is -0.383 e. The molecule has 2 saturated heterocycles. The summed E-state index contributed by atoms with van der Waals surface area (Å²) < 4.78 is 13.5. The summed E-state index contributed by atoms with van der Waals surface area (Å²) in [5.41, 5.74) is 1.84. The third-order valence-electron chi connectivity index (χ3n) is 6.37. The summed E-state index contributed by atoms with van der Waals surface area (Å²) >= 11 is 0. The van der Waals surface area contributed by atoms with E-state index in [9.17, 15) is 4.79 Å². The van der Waals surface area contributed by atoms with Gasteiger partial charge in [-0.1, -0.05) is 0 Å². The molecule has 7 nitrogen and oxygen atoms in total. The number of hydrogen-bond donors (Lipinski definition) is 0. The highest BCUT2D eigenvalue weighted by Gasteiger charge is 2.39. The molecule has 0 aromatic carbocycles. The molecule has 2 aromatic heterocycles. The number of likely N-dealkylation sites (tertiary alicyclic amines) is 1. The highest BCUT2D eigenvalue weighted by Crippen LogP contribution is 2.35. The predicted molar refractivity (Wildman–Crippen MR) is 111 cm³/mol. The van der Waals surface area contributed by atoms with Crippen molar-refractivity contribution in [2.75, 3.05) is 33.4 Å². The summed E-state index contributed by atoms with van der Waals surface area (Å²) in [7, 11) is 1.71. The molecule has 0 aliphatic carbocycles. The van der Waals surface area contributed by atoms with Crippen LogP contribution in [0.3, 0.4) is 0 Å². The molecule has 29 heavy (non-hydrogen) atoms. The van der Waals surface area contributed by atoms with Crippen molar-refractivity contribution < 1.29 is 14.3 Å². The molecule has 2 aromatic rings. The minimum atomic E-state index is 0.0616. The Hall–Kier alpha value is -1.99. The van der Waals surface area contributed by atoms with E-state index < -0.39 is 0 Å². The molecule has 0 radical (unpaired) electrons. The smallest absolute Gasteiger partial charge is 0.222 e. The van der Waals surface area contributed by atoms with Crippen LogP contribution in [0.15, 0.2) is 18.3 Å². The number of carbonyl (C=O) groups excluding carboxylic acids is 1. The van der Waals surface area contributed by atoms with Crippen LogP contribution in [-0.4, -0.2) is 64.4 Å². The molecule has 0 bridgehead atoms. The lowest BCUT2D eigenvalue weighted by atomic mass is 9.88. The first kappa shape index (κ1) is 20.3. The Balaban J connectivity index is 1.35. The van der Waals surface area contributed by atoms with Crippen molar-refractivity contribution >= 4 is 17.1 Å². The number of methoxy groups -OCH3 is 1. The average Bonchev–Trinajstić information content (AvgIpc) is 3.33. The lowest BCUT2D eigenvalue weighted by molar-refractivity contribution is -0.136. The monoisotopic (exact) mass is 400 g/mol. The van der Waals surface area contributed by atoms with Gasteiger partial charge in [0.2, 0.25) is 5.91 Å². The number of rotatable bonds is 7. The highest BCUT2D eigenvalue weighted by atomic mass is 16.5. The quantitative estimate of drug-likeness (QED) is 0.714. The first-order chi connectivity index (χ1) is 14.1. The second-order valence-electron chi connectivity index (χ2n) is 8.42. The van der Waals surface area contributed by atoms with Crippen molar-refractivity contribution in [2.24, 2.45) is 0 Å². The predicted octanol–water partition coefficient (Wildman–Crippen LogP) is 3.13. The molecule has 2 aliphatic rings. The first-order valence-corrected chi connectivity index (χ1v) is 10.8. The molecule has 2 aliphatic heterocycles. The van der Waals surface area contributed by atoms with Gasteiger partial charge in [-0.05, 0) is 51.2 Å². The number of ether oxygens (including phenoxy) is 2. The van der Waals surface area contributed by atoms with Crippen LogP contribution in [0.4, 0.5) is 0 Å². The number of fused-ring (bicyclic) bond motifs is 1. The number of hydrogen-bond acceptors (Lipinski definition) is 5. The van der Waals surface area contributed by atoms with Crippen LogP contribution in [0.1, 0.15) is 57.3 Å². The van der Waals surface area contributed by atoms with Crippen LogP contribution in [-0.2, 0) is 20.7 Å². The van der Waals surface area contributed by atoms with Gasteiger partial charge in [0.15, 0.2) is 5.65 Å². The van der Waals surface area contributed by atoms with Crippen LogP contribution in [0.25, 0.3) is 11.2 Å². The topological polar surface area (TPSA) is 69.5 Å². The van der Waals surface area contributed by atoms with Gasteiger partial charge in [-0.25, -0.2) is 9.97 Å². The molecule has 1 spiro atoms. The van der Waals surface area contributed by atoms with Crippen LogP contribution in [0.5, 0.6) is 0 Å². The zero-order chi connectivity index (χ0) is 20.3. The van der Waals surface area contributed by atoms with Crippen molar-refractivity contribution in [3.63, 3.8) is 0 Å². The van der Waals surface area contributed by atoms with E-state index in [0.29, 0.717) is 13.0 Å². The molecule has 1 atom stereocenters. The number of imidazole rings is 1. The van der Waals surface area contributed by atoms with Gasteiger partial charge in [0, 0.05) is 45.8 Å². The van der Waals surface area contributed by atoms with E-state index in [-0.39, 0.29) is 17.6 Å². The third kappa shape index (κ3) is 4.31. The lowest BCUT2D eigenvalue weighted by Crippen LogP contribution is -2.46. The highest BCUT2D eigenvalue weighted by molar-refractivity contribution is 5.76. The first-order valence-electron chi connectivity index (χ1n) is 10.8. The summed E-state index contributed by atoms with van der Waals surface area (Å²) in [6, 6.07) is 4.04. The fraction of sp³-hybridized carbons (Fsp3) is 0.682. The Morgan fingerprint density at radius 1 is 1.34 bits per heavy atom. The maximum Gasteiger partial charge on any atom is 0.222 e. The van der Waals surface area contributed by atoms with E-state index in [0.717, 1.165) is 75.2 Å². The Kier molecular flexibility index (Phi) is 6.15. The molecule has 0 N–H and O–H groups in total. The third-order valence-corrected chi connectivity index (χ3v) is 6.37. The fourth-order valence-electron chi connectivity index (χ4n) is 4.80. The molecule has 158 valence electrons. The van der Waals surface area contributed by atoms with Crippen molar-refractivity contribution in [2.45, 2.75) is 63.5 Å². The van der Waals surface area contributed by atoms with Gasteiger partial charge in [0.25, 0.3) is 0 Å². The van der Waals surface area contributed by atoms with Crippen LogP contribution in [0.2, 0.25) is 0 Å². The number of pyridine rings is 1. The van der Waals surface area contributed by atoms with E-state index in [1.807, 2.05) is 17.0 Å². The second-order valence-corrected chi connectivity index (χ2v) is 8.42. The molecule has 0 saturated carbocycles. The van der Waals surface area contributed by atoms with Crippen molar-refractivity contribution in [1.29, 1.82) is 0 Å². The summed E-state index contributed by atoms with van der Waals surface area (Å²) in [6.07, 6.45) is 8.18. The van der Waals surface area contributed by atoms with Gasteiger partial charge in [-0.15, -0.1) is 0 Å². The van der Waals surface area contributed by atoms with Crippen LogP contribution in [0, 0.1) is 0 Å². The molecule has 2 fully saturated rings. The molecule has 1 unspecified atom stereocenters. The largest absolute Gasteiger partial charge is 0.383 e. The van der Waals surface area contributed by atoms with Gasteiger partial charge >= 0.3 is 0 Å². The van der Waals surface area contributed by atoms with E-state index in [1.54, 1.807) is 13.3 Å². The SMILES string of the molecule is COCC(C)n1c(CCCC(=O)N2CCC3(CCCO3)CC2)nc2cccnc21. The number of nitrogens with zero attached hydrogens (tertiary/aromatic N) is 4. The van der Waals surface area contributed by atoms with Crippen molar-refractivity contribution in [3.8, 4) is 0 Å². The Morgan fingerprint density at radius 3 is 2.90 bits per heavy atom. The molecular formula is C22H32N4O3. The summed E-state index contributed by atoms with van der Waals surface area (Å²) in [5, 5.41) is 0. The van der Waals surface area contributed by atoms with Gasteiger partial charge in [-0.2, -0.15) is 0 Å². The lowest BCUT2D eigenvalue weighted by Gasteiger charge is -2.38. The number of piperidine rings is 1. The van der Waals surface area contributed by atoms with Crippen LogP contribution >= 0.6 is 0 Å². The molecular weight excluding hydrogens is 368 g/mol. The zero-order valence-electron chi connectivity index (χ0n) is 17.6. The standard InChI is InChI=1S/C22H32N4O3/c1-17(16-28-2)26-19(24-18-6-4-12-23-21(18)26)7-3-8-20(27)25-13-10-22(11-14-25)9-5-15-29-22/h4,6,12,17H,3,5,7-11,13-16H2,1-2H3. The second kappa shape index (κ2) is 8.79. The Morgan fingerprint density at radius 2 is 2.17 bits per heavy atom. The van der Waals surface area contributed by atoms with E-state index >= 15 is 0 Å². The van der Waals surface area contributed by atoms with E-state index in [4.69, 9.17) is 14.5 Å². The number of amides is 1. The Bertz CT molecular complexity index is 834. The summed E-state index contributed by atoms with van der Waals surface area (Å²) in [5.74, 6) is 1.23.